The fourth-order valence-electron chi connectivity index (χ4n) is 2.38. The Morgan fingerprint density at radius 3 is 2.88 bits per heavy atom. The molecule has 3 heteroatoms. The largest absolute Gasteiger partial charge is 0.478 e. The molecular weight excluding hydrogens is 212 g/mol. The molecule has 1 saturated carbocycles. The van der Waals surface area contributed by atoms with Gasteiger partial charge in [0.2, 0.25) is 5.88 Å². The summed E-state index contributed by atoms with van der Waals surface area (Å²) in [6.45, 7) is 3.69. The predicted molar refractivity (Wildman–Crippen MR) is 70.5 cm³/mol. The molecule has 0 saturated heterocycles. The van der Waals surface area contributed by atoms with Crippen LogP contribution >= 0.6 is 0 Å². The highest BCUT2D eigenvalue weighted by molar-refractivity contribution is 5.37. The highest BCUT2D eigenvalue weighted by atomic mass is 16.5. The van der Waals surface area contributed by atoms with E-state index >= 15 is 0 Å². The number of nitrogens with zero attached hydrogens (tertiary/aromatic N) is 1. The van der Waals surface area contributed by atoms with Crippen molar-refractivity contribution in [2.75, 3.05) is 18.5 Å². The van der Waals surface area contributed by atoms with Gasteiger partial charge in [0.15, 0.2) is 0 Å². The monoisotopic (exact) mass is 234 g/mol. The van der Waals surface area contributed by atoms with Gasteiger partial charge in [-0.05, 0) is 31.7 Å². The molecule has 1 aromatic heterocycles. The third kappa shape index (κ3) is 3.91. The van der Waals surface area contributed by atoms with E-state index in [1.165, 1.54) is 32.1 Å². The highest BCUT2D eigenvalue weighted by Crippen LogP contribution is 2.23. The van der Waals surface area contributed by atoms with E-state index in [4.69, 9.17) is 4.74 Å². The Kier molecular flexibility index (Phi) is 4.65. The molecule has 0 bridgehead atoms. The van der Waals surface area contributed by atoms with E-state index in [2.05, 4.69) is 10.3 Å². The van der Waals surface area contributed by atoms with Gasteiger partial charge in [-0.1, -0.05) is 25.3 Å². The van der Waals surface area contributed by atoms with Crippen molar-refractivity contribution in [3.63, 3.8) is 0 Å². The highest BCUT2D eigenvalue weighted by Gasteiger charge is 2.12. The summed E-state index contributed by atoms with van der Waals surface area (Å²) in [6, 6.07) is 5.89. The van der Waals surface area contributed by atoms with E-state index in [0.29, 0.717) is 12.5 Å². The Morgan fingerprint density at radius 2 is 2.12 bits per heavy atom. The SMILES string of the molecule is CCOc1cccc(NCC2CCCCC2)n1. The fourth-order valence-corrected chi connectivity index (χ4v) is 2.38. The summed E-state index contributed by atoms with van der Waals surface area (Å²) in [5.74, 6) is 2.46. The number of aromatic nitrogens is 1. The zero-order valence-corrected chi connectivity index (χ0v) is 10.6. The summed E-state index contributed by atoms with van der Waals surface area (Å²) >= 11 is 0. The normalized spacial score (nSPS) is 16.8. The third-order valence-electron chi connectivity index (χ3n) is 3.31. The van der Waals surface area contributed by atoms with Crippen molar-refractivity contribution in [2.24, 2.45) is 5.92 Å². The van der Waals surface area contributed by atoms with E-state index < -0.39 is 0 Å². The first kappa shape index (κ1) is 12.2. The molecule has 0 aliphatic heterocycles. The number of hydrogen-bond acceptors (Lipinski definition) is 3. The van der Waals surface area contributed by atoms with Gasteiger partial charge in [-0.15, -0.1) is 0 Å². The van der Waals surface area contributed by atoms with Gasteiger partial charge in [0.05, 0.1) is 6.61 Å². The van der Waals surface area contributed by atoms with E-state index in [1.54, 1.807) is 0 Å². The maximum absolute atomic E-state index is 5.39. The third-order valence-corrected chi connectivity index (χ3v) is 3.31. The van der Waals surface area contributed by atoms with Crippen LogP contribution in [-0.4, -0.2) is 18.1 Å². The van der Waals surface area contributed by atoms with Gasteiger partial charge in [-0.25, -0.2) is 0 Å². The van der Waals surface area contributed by atoms with Crippen LogP contribution in [0.4, 0.5) is 5.82 Å². The number of rotatable bonds is 5. The van der Waals surface area contributed by atoms with Gasteiger partial charge in [-0.3, -0.25) is 0 Å². The molecule has 0 unspecified atom stereocenters. The smallest absolute Gasteiger partial charge is 0.215 e. The first-order chi connectivity index (χ1) is 8.38. The Bertz CT molecular complexity index is 335. The molecule has 0 radical (unpaired) electrons. The van der Waals surface area contributed by atoms with Gasteiger partial charge in [0, 0.05) is 12.6 Å². The molecule has 0 spiro atoms. The molecule has 1 aromatic rings. The maximum Gasteiger partial charge on any atom is 0.215 e. The molecule has 1 fully saturated rings. The lowest BCUT2D eigenvalue weighted by atomic mass is 9.89. The molecule has 1 heterocycles. The predicted octanol–water partition coefficient (Wildman–Crippen LogP) is 3.47. The van der Waals surface area contributed by atoms with Crippen LogP contribution in [0.15, 0.2) is 18.2 Å². The minimum absolute atomic E-state index is 0.666. The molecule has 2 rings (SSSR count). The van der Waals surface area contributed by atoms with E-state index in [9.17, 15) is 0 Å². The van der Waals surface area contributed by atoms with Crippen molar-refractivity contribution in [3.05, 3.63) is 18.2 Å². The average Bonchev–Trinajstić information content (AvgIpc) is 2.39. The van der Waals surface area contributed by atoms with Gasteiger partial charge in [0.25, 0.3) is 0 Å². The number of anilines is 1. The van der Waals surface area contributed by atoms with Crippen molar-refractivity contribution in [1.82, 2.24) is 4.98 Å². The second kappa shape index (κ2) is 6.48. The van der Waals surface area contributed by atoms with Gasteiger partial charge in [-0.2, -0.15) is 4.98 Å². The zero-order chi connectivity index (χ0) is 11.9. The number of pyridine rings is 1. The van der Waals surface area contributed by atoms with Crippen LogP contribution < -0.4 is 10.1 Å². The second-order valence-corrected chi connectivity index (χ2v) is 4.68. The van der Waals surface area contributed by atoms with Crippen molar-refractivity contribution in [3.8, 4) is 5.88 Å². The quantitative estimate of drug-likeness (QED) is 0.847. The maximum atomic E-state index is 5.39. The minimum atomic E-state index is 0.666. The second-order valence-electron chi connectivity index (χ2n) is 4.68. The summed E-state index contributed by atoms with van der Waals surface area (Å²) in [5.41, 5.74) is 0. The molecule has 1 N–H and O–H groups in total. The van der Waals surface area contributed by atoms with Crippen LogP contribution in [0.2, 0.25) is 0 Å². The van der Waals surface area contributed by atoms with Crippen LogP contribution in [0.1, 0.15) is 39.0 Å². The van der Waals surface area contributed by atoms with E-state index in [1.807, 2.05) is 25.1 Å². The lowest BCUT2D eigenvalue weighted by Crippen LogP contribution is -2.17. The van der Waals surface area contributed by atoms with Crippen molar-refractivity contribution < 1.29 is 4.74 Å². The Hall–Kier alpha value is -1.25. The van der Waals surface area contributed by atoms with Crippen LogP contribution in [0.25, 0.3) is 0 Å². The first-order valence-electron chi connectivity index (χ1n) is 6.72. The zero-order valence-electron chi connectivity index (χ0n) is 10.6. The topological polar surface area (TPSA) is 34.1 Å². The molecule has 17 heavy (non-hydrogen) atoms. The molecular formula is C14H22N2O. The molecule has 0 amide bonds. The number of ether oxygens (including phenoxy) is 1. The van der Waals surface area contributed by atoms with Gasteiger partial charge >= 0.3 is 0 Å². The Balaban J connectivity index is 1.83. The minimum Gasteiger partial charge on any atom is -0.478 e. The van der Waals surface area contributed by atoms with Crippen molar-refractivity contribution in [2.45, 2.75) is 39.0 Å². The van der Waals surface area contributed by atoms with Crippen LogP contribution in [0.5, 0.6) is 5.88 Å². The van der Waals surface area contributed by atoms with Crippen molar-refractivity contribution >= 4 is 5.82 Å². The van der Waals surface area contributed by atoms with Gasteiger partial charge < -0.3 is 10.1 Å². The Morgan fingerprint density at radius 1 is 1.29 bits per heavy atom. The van der Waals surface area contributed by atoms with Crippen LogP contribution in [-0.2, 0) is 0 Å². The summed E-state index contributed by atoms with van der Waals surface area (Å²) < 4.78 is 5.39. The van der Waals surface area contributed by atoms with Gasteiger partial charge in [0.1, 0.15) is 5.82 Å². The summed E-state index contributed by atoms with van der Waals surface area (Å²) in [7, 11) is 0. The van der Waals surface area contributed by atoms with E-state index in [-0.39, 0.29) is 0 Å². The van der Waals surface area contributed by atoms with Crippen molar-refractivity contribution in [1.29, 1.82) is 0 Å². The number of hydrogen-bond donors (Lipinski definition) is 1. The fraction of sp³-hybridized carbons (Fsp3) is 0.643. The standard InChI is InChI=1S/C14H22N2O/c1-2-17-14-10-6-9-13(16-14)15-11-12-7-4-3-5-8-12/h6,9-10,12H,2-5,7-8,11H2,1H3,(H,15,16). The first-order valence-corrected chi connectivity index (χ1v) is 6.72. The molecule has 1 aliphatic rings. The molecule has 94 valence electrons. The van der Waals surface area contributed by atoms with Crippen LogP contribution in [0.3, 0.4) is 0 Å². The summed E-state index contributed by atoms with van der Waals surface area (Å²) in [5, 5.41) is 3.42. The number of nitrogens with one attached hydrogen (secondary N) is 1. The lowest BCUT2D eigenvalue weighted by Gasteiger charge is -2.22. The Labute approximate surface area is 104 Å². The van der Waals surface area contributed by atoms with Crippen LogP contribution in [0, 0.1) is 5.92 Å². The molecule has 3 nitrogen and oxygen atoms in total. The molecule has 0 atom stereocenters. The molecule has 0 aromatic carbocycles. The summed E-state index contributed by atoms with van der Waals surface area (Å²) in [6.07, 6.45) is 6.91. The van der Waals surface area contributed by atoms with E-state index in [0.717, 1.165) is 18.3 Å². The molecule has 1 aliphatic carbocycles. The lowest BCUT2D eigenvalue weighted by molar-refractivity contribution is 0.327. The summed E-state index contributed by atoms with van der Waals surface area (Å²) in [4.78, 5) is 4.41. The average molecular weight is 234 g/mol.